The molecule has 0 bridgehead atoms. The first-order valence-electron chi connectivity index (χ1n) is 8.91. The summed E-state index contributed by atoms with van der Waals surface area (Å²) in [5, 5.41) is 10.3. The quantitative estimate of drug-likeness (QED) is 0.536. The Morgan fingerprint density at radius 2 is 1.79 bits per heavy atom. The molecule has 4 nitrogen and oxygen atoms in total. The minimum Gasteiger partial charge on any atom is -0.485 e. The second-order valence-corrected chi connectivity index (χ2v) is 8.57. The number of aliphatic hydroxyl groups excluding tert-OH is 1. The van der Waals surface area contributed by atoms with Crippen molar-refractivity contribution in [3.63, 3.8) is 0 Å². The number of morpholine rings is 1. The van der Waals surface area contributed by atoms with Crippen molar-refractivity contribution in [2.24, 2.45) is 0 Å². The van der Waals surface area contributed by atoms with E-state index in [2.05, 4.69) is 36.8 Å². The lowest BCUT2D eigenvalue weighted by atomic mass is 10.0. The van der Waals surface area contributed by atoms with E-state index >= 15 is 0 Å². The summed E-state index contributed by atoms with van der Waals surface area (Å²) in [6.45, 7) is 3.34. The maximum absolute atomic E-state index is 13.8. The average molecular weight is 558 g/mol. The fourth-order valence-electron chi connectivity index (χ4n) is 3.29. The van der Waals surface area contributed by atoms with E-state index in [4.69, 9.17) is 9.47 Å². The molecule has 1 aliphatic rings. The Morgan fingerprint density at radius 1 is 1.17 bits per heavy atom. The molecule has 0 radical (unpaired) electrons. The highest BCUT2D eigenvalue weighted by Gasteiger charge is 2.31. The van der Waals surface area contributed by atoms with Gasteiger partial charge in [0.05, 0.1) is 12.7 Å². The van der Waals surface area contributed by atoms with E-state index in [1.165, 1.54) is 0 Å². The molecule has 1 saturated heterocycles. The number of hydrogen-bond donors (Lipinski definition) is 1. The van der Waals surface area contributed by atoms with Crippen molar-refractivity contribution in [1.29, 1.82) is 0 Å². The van der Waals surface area contributed by atoms with Crippen LogP contribution >= 0.6 is 44.3 Å². The van der Waals surface area contributed by atoms with Crippen LogP contribution in [0.15, 0.2) is 45.3 Å². The van der Waals surface area contributed by atoms with Crippen molar-refractivity contribution in [2.45, 2.75) is 25.2 Å². The van der Waals surface area contributed by atoms with E-state index in [1.54, 1.807) is 0 Å². The van der Waals surface area contributed by atoms with E-state index in [9.17, 15) is 13.9 Å². The second-order valence-electron chi connectivity index (χ2n) is 6.74. The number of aliphatic hydroxyl groups is 1. The van der Waals surface area contributed by atoms with E-state index in [0.29, 0.717) is 19.7 Å². The Labute approximate surface area is 191 Å². The number of hydrogen-bond acceptors (Lipinski definition) is 4. The van der Waals surface area contributed by atoms with Crippen LogP contribution in [0.5, 0.6) is 5.75 Å². The maximum atomic E-state index is 13.8. The summed E-state index contributed by atoms with van der Waals surface area (Å²) < 4.78 is 40.1. The molecular weight excluding hydrogens is 535 g/mol. The van der Waals surface area contributed by atoms with Crippen LogP contribution in [-0.2, 0) is 4.74 Å². The Morgan fingerprint density at radius 3 is 2.41 bits per heavy atom. The second kappa shape index (κ2) is 11.0. The summed E-state index contributed by atoms with van der Waals surface area (Å²) in [5.74, 6) is -2.10. The van der Waals surface area contributed by atoms with Crippen LogP contribution in [-0.4, -0.2) is 48.5 Å². The van der Waals surface area contributed by atoms with Gasteiger partial charge < -0.3 is 14.6 Å². The SMILES string of the molecule is CC1C(c2ccc(Br)cc2)OCCN1CC(O)COc1c(F)cc(Br)cc1F.Cl. The van der Waals surface area contributed by atoms with Gasteiger partial charge in [0.2, 0.25) is 0 Å². The van der Waals surface area contributed by atoms with Gasteiger partial charge in [-0.25, -0.2) is 8.78 Å². The molecule has 160 valence electrons. The molecule has 1 aliphatic heterocycles. The lowest BCUT2D eigenvalue weighted by Gasteiger charge is -2.40. The van der Waals surface area contributed by atoms with Crippen molar-refractivity contribution in [3.8, 4) is 5.75 Å². The van der Waals surface area contributed by atoms with Crippen LogP contribution < -0.4 is 4.74 Å². The van der Waals surface area contributed by atoms with Gasteiger partial charge in [-0.15, -0.1) is 12.4 Å². The van der Waals surface area contributed by atoms with Crippen molar-refractivity contribution < 1.29 is 23.4 Å². The van der Waals surface area contributed by atoms with E-state index in [0.717, 1.165) is 22.2 Å². The summed E-state index contributed by atoms with van der Waals surface area (Å²) in [7, 11) is 0. The Hall–Kier alpha value is -0.770. The van der Waals surface area contributed by atoms with Gasteiger partial charge in [0, 0.05) is 28.1 Å². The van der Waals surface area contributed by atoms with Gasteiger partial charge in [-0.05, 0) is 36.8 Å². The fraction of sp³-hybridized carbons (Fsp3) is 0.400. The number of β-amino-alcohol motifs (C(OH)–C–C–N with tert-alkyl or cyclic N) is 1. The summed E-state index contributed by atoms with van der Waals surface area (Å²) in [4.78, 5) is 2.10. The van der Waals surface area contributed by atoms with Crippen LogP contribution in [0.4, 0.5) is 8.78 Å². The van der Waals surface area contributed by atoms with Gasteiger partial charge in [-0.2, -0.15) is 0 Å². The summed E-state index contributed by atoms with van der Waals surface area (Å²) in [6, 6.07) is 10.2. The topological polar surface area (TPSA) is 41.9 Å². The molecule has 0 aliphatic carbocycles. The number of ether oxygens (including phenoxy) is 2. The van der Waals surface area contributed by atoms with E-state index < -0.39 is 23.5 Å². The highest BCUT2D eigenvalue weighted by atomic mass is 79.9. The first-order chi connectivity index (χ1) is 13.3. The standard InChI is InChI=1S/C20H21Br2F2NO3.ClH/c1-12-19(13-2-4-14(21)5-3-13)27-7-6-25(12)10-16(26)11-28-20-17(23)8-15(22)9-18(20)24;/h2-5,8-9,12,16,19,26H,6-7,10-11H2,1H3;1H. The monoisotopic (exact) mass is 555 g/mol. The third-order valence-corrected chi connectivity index (χ3v) is 5.70. The van der Waals surface area contributed by atoms with Crippen LogP contribution in [0.25, 0.3) is 0 Å². The van der Waals surface area contributed by atoms with Crippen LogP contribution in [0, 0.1) is 11.6 Å². The number of benzene rings is 2. The third-order valence-electron chi connectivity index (χ3n) is 4.72. The molecule has 0 amide bonds. The largest absolute Gasteiger partial charge is 0.485 e. The molecule has 2 aromatic rings. The molecule has 3 unspecified atom stereocenters. The van der Waals surface area contributed by atoms with Crippen molar-refractivity contribution in [2.75, 3.05) is 26.3 Å². The Balaban J connectivity index is 0.00000300. The van der Waals surface area contributed by atoms with Crippen molar-refractivity contribution >= 4 is 44.3 Å². The van der Waals surface area contributed by atoms with Gasteiger partial charge in [0.1, 0.15) is 12.7 Å². The van der Waals surface area contributed by atoms with Crippen LogP contribution in [0.2, 0.25) is 0 Å². The zero-order chi connectivity index (χ0) is 20.3. The molecule has 1 heterocycles. The van der Waals surface area contributed by atoms with Gasteiger partial charge in [0.15, 0.2) is 17.4 Å². The molecule has 29 heavy (non-hydrogen) atoms. The molecule has 2 aromatic carbocycles. The van der Waals surface area contributed by atoms with Gasteiger partial charge in [0.25, 0.3) is 0 Å². The molecule has 1 N–H and O–H groups in total. The minimum atomic E-state index is -0.895. The zero-order valence-electron chi connectivity index (χ0n) is 15.7. The van der Waals surface area contributed by atoms with Crippen molar-refractivity contribution in [3.05, 3.63) is 62.5 Å². The fourth-order valence-corrected chi connectivity index (χ4v) is 3.95. The third kappa shape index (κ3) is 6.35. The van der Waals surface area contributed by atoms with Crippen molar-refractivity contribution in [1.82, 2.24) is 4.90 Å². The minimum absolute atomic E-state index is 0. The summed E-state index contributed by atoms with van der Waals surface area (Å²) in [5.41, 5.74) is 1.06. The normalized spacial score (nSPS) is 20.8. The Kier molecular flexibility index (Phi) is 9.31. The van der Waals surface area contributed by atoms with E-state index in [-0.39, 0.29) is 35.6 Å². The van der Waals surface area contributed by atoms with Gasteiger partial charge >= 0.3 is 0 Å². The molecule has 1 fully saturated rings. The zero-order valence-corrected chi connectivity index (χ0v) is 19.6. The maximum Gasteiger partial charge on any atom is 0.190 e. The van der Waals surface area contributed by atoms with Gasteiger partial charge in [-0.3, -0.25) is 4.90 Å². The number of rotatable bonds is 6. The summed E-state index contributed by atoms with van der Waals surface area (Å²) >= 11 is 6.45. The number of halogens is 5. The molecule has 9 heteroatoms. The highest BCUT2D eigenvalue weighted by Crippen LogP contribution is 2.30. The van der Waals surface area contributed by atoms with Crippen LogP contribution in [0.1, 0.15) is 18.6 Å². The van der Waals surface area contributed by atoms with E-state index in [1.807, 2.05) is 31.2 Å². The summed E-state index contributed by atoms with van der Waals surface area (Å²) in [6.07, 6.45) is -1.01. The average Bonchev–Trinajstić information content (AvgIpc) is 2.63. The number of nitrogens with zero attached hydrogens (tertiary/aromatic N) is 1. The predicted octanol–water partition coefficient (Wildman–Crippen LogP) is 5.11. The van der Waals surface area contributed by atoms with Crippen LogP contribution in [0.3, 0.4) is 0 Å². The molecule has 0 spiro atoms. The highest BCUT2D eigenvalue weighted by molar-refractivity contribution is 9.10. The lowest BCUT2D eigenvalue weighted by molar-refractivity contribution is -0.0806. The smallest absolute Gasteiger partial charge is 0.190 e. The Bertz CT molecular complexity index is 790. The first-order valence-corrected chi connectivity index (χ1v) is 10.5. The molecular formula is C20H22Br2ClF2NO3. The first kappa shape index (κ1) is 24.5. The predicted molar refractivity (Wildman–Crippen MR) is 117 cm³/mol. The molecule has 3 atom stereocenters. The molecule has 0 aromatic heterocycles. The molecule has 3 rings (SSSR count). The molecule has 0 saturated carbocycles. The van der Waals surface area contributed by atoms with Gasteiger partial charge in [-0.1, -0.05) is 44.0 Å². The lowest BCUT2D eigenvalue weighted by Crippen LogP contribution is -2.49.